The van der Waals surface area contributed by atoms with Gasteiger partial charge in [0.1, 0.15) is 0 Å². The molecule has 0 saturated heterocycles. The Morgan fingerprint density at radius 3 is 2.55 bits per heavy atom. The number of esters is 1. The Balaban J connectivity index is 2.26. The zero-order chi connectivity index (χ0) is 14.8. The molecule has 1 rings (SSSR count). The maximum Gasteiger partial charge on any atom is 0.315 e. The van der Waals surface area contributed by atoms with Crippen LogP contribution in [0.3, 0.4) is 0 Å². The zero-order valence-electron chi connectivity index (χ0n) is 12.0. The van der Waals surface area contributed by atoms with E-state index in [9.17, 15) is 9.59 Å². The molecule has 0 radical (unpaired) electrons. The van der Waals surface area contributed by atoms with Crippen LogP contribution in [0.5, 0.6) is 0 Å². The van der Waals surface area contributed by atoms with Crippen molar-refractivity contribution in [3.05, 3.63) is 35.9 Å². The van der Waals surface area contributed by atoms with Gasteiger partial charge in [-0.05, 0) is 18.4 Å². The Bertz CT molecular complexity index is 420. The predicted molar refractivity (Wildman–Crippen MR) is 77.4 cm³/mol. The molecule has 0 heterocycles. The Morgan fingerprint density at radius 2 is 1.95 bits per heavy atom. The summed E-state index contributed by atoms with van der Waals surface area (Å²) < 4.78 is 4.59. The summed E-state index contributed by atoms with van der Waals surface area (Å²) in [5.41, 5.74) is 1.18. The highest BCUT2D eigenvalue weighted by atomic mass is 16.5. The van der Waals surface area contributed by atoms with Gasteiger partial charge >= 0.3 is 12.0 Å². The van der Waals surface area contributed by atoms with Crippen LogP contribution in [0.1, 0.15) is 25.3 Å². The third-order valence-corrected chi connectivity index (χ3v) is 3.01. The smallest absolute Gasteiger partial charge is 0.315 e. The first kappa shape index (κ1) is 16.0. The Labute approximate surface area is 119 Å². The fraction of sp³-hybridized carbons (Fsp3) is 0.467. The summed E-state index contributed by atoms with van der Waals surface area (Å²) in [7, 11) is 1.34. The molecule has 1 aromatic carbocycles. The summed E-state index contributed by atoms with van der Waals surface area (Å²) in [5.74, 6) is -0.318. The van der Waals surface area contributed by atoms with Gasteiger partial charge in [0.15, 0.2) is 0 Å². The molecule has 0 aliphatic heterocycles. The van der Waals surface area contributed by atoms with E-state index in [0.717, 1.165) is 6.42 Å². The fourth-order valence-electron chi connectivity index (χ4n) is 1.78. The highest BCUT2D eigenvalue weighted by Crippen LogP contribution is 2.00. The number of hydrogen-bond acceptors (Lipinski definition) is 3. The van der Waals surface area contributed by atoms with Crippen molar-refractivity contribution in [3.8, 4) is 0 Å². The minimum Gasteiger partial charge on any atom is -0.469 e. The average molecular weight is 278 g/mol. The highest BCUT2D eigenvalue weighted by molar-refractivity contribution is 5.76. The van der Waals surface area contributed by atoms with Gasteiger partial charge < -0.3 is 15.4 Å². The average Bonchev–Trinajstić information content (AvgIpc) is 2.47. The number of nitrogens with one attached hydrogen (secondary N) is 2. The molecule has 0 saturated carbocycles. The number of hydrogen-bond donors (Lipinski definition) is 2. The van der Waals surface area contributed by atoms with E-state index in [-0.39, 0.29) is 24.5 Å². The number of urea groups is 1. The van der Waals surface area contributed by atoms with Gasteiger partial charge in [0.05, 0.1) is 13.5 Å². The van der Waals surface area contributed by atoms with Crippen LogP contribution in [0.25, 0.3) is 0 Å². The lowest BCUT2D eigenvalue weighted by Crippen LogP contribution is -2.43. The summed E-state index contributed by atoms with van der Waals surface area (Å²) in [6.45, 7) is 2.47. The number of ether oxygens (including phenoxy) is 1. The number of carbonyl (C=O) groups excluding carboxylic acids is 2. The highest BCUT2D eigenvalue weighted by Gasteiger charge is 2.14. The summed E-state index contributed by atoms with van der Waals surface area (Å²) in [4.78, 5) is 22.9. The van der Waals surface area contributed by atoms with Gasteiger partial charge in [0.2, 0.25) is 0 Å². The van der Waals surface area contributed by atoms with Gasteiger partial charge in [0, 0.05) is 12.6 Å². The lowest BCUT2D eigenvalue weighted by molar-refractivity contribution is -0.141. The van der Waals surface area contributed by atoms with E-state index in [4.69, 9.17) is 0 Å². The van der Waals surface area contributed by atoms with Gasteiger partial charge in [-0.25, -0.2) is 4.79 Å². The summed E-state index contributed by atoms with van der Waals surface area (Å²) >= 11 is 0. The van der Waals surface area contributed by atoms with Gasteiger partial charge in [-0.2, -0.15) is 0 Å². The Hall–Kier alpha value is -2.04. The van der Waals surface area contributed by atoms with Gasteiger partial charge in [-0.15, -0.1) is 0 Å². The lowest BCUT2D eigenvalue weighted by atomic mass is 10.1. The van der Waals surface area contributed by atoms with E-state index in [0.29, 0.717) is 13.0 Å². The van der Waals surface area contributed by atoms with Crippen molar-refractivity contribution >= 4 is 12.0 Å². The maximum absolute atomic E-state index is 11.7. The lowest BCUT2D eigenvalue weighted by Gasteiger charge is -2.16. The van der Waals surface area contributed by atoms with Crippen LogP contribution >= 0.6 is 0 Å². The van der Waals surface area contributed by atoms with Crippen LogP contribution in [0.2, 0.25) is 0 Å². The molecule has 0 fully saturated rings. The molecule has 0 aliphatic rings. The van der Waals surface area contributed by atoms with E-state index in [1.54, 1.807) is 0 Å². The molecule has 0 bridgehead atoms. The van der Waals surface area contributed by atoms with Crippen molar-refractivity contribution in [2.24, 2.45) is 0 Å². The summed E-state index contributed by atoms with van der Waals surface area (Å²) in [6, 6.07) is 9.49. The van der Waals surface area contributed by atoms with E-state index in [1.807, 2.05) is 37.3 Å². The van der Waals surface area contributed by atoms with E-state index in [1.165, 1.54) is 12.7 Å². The Morgan fingerprint density at radius 1 is 1.25 bits per heavy atom. The van der Waals surface area contributed by atoms with Crippen molar-refractivity contribution in [2.45, 2.75) is 32.2 Å². The number of amides is 2. The number of carbonyl (C=O) groups is 2. The van der Waals surface area contributed by atoms with Crippen molar-refractivity contribution in [2.75, 3.05) is 13.7 Å². The van der Waals surface area contributed by atoms with Crippen molar-refractivity contribution < 1.29 is 14.3 Å². The second-order valence-electron chi connectivity index (χ2n) is 4.52. The van der Waals surface area contributed by atoms with Crippen LogP contribution < -0.4 is 10.6 Å². The van der Waals surface area contributed by atoms with Crippen LogP contribution in [-0.2, 0) is 16.0 Å². The molecule has 0 spiro atoms. The van der Waals surface area contributed by atoms with Crippen molar-refractivity contribution in [1.29, 1.82) is 0 Å². The first-order valence-electron chi connectivity index (χ1n) is 6.80. The summed E-state index contributed by atoms with van der Waals surface area (Å²) in [5, 5.41) is 5.55. The minimum atomic E-state index is -0.318. The van der Waals surface area contributed by atoms with E-state index in [2.05, 4.69) is 15.4 Å². The van der Waals surface area contributed by atoms with Crippen LogP contribution in [-0.4, -0.2) is 31.7 Å². The molecule has 110 valence electrons. The van der Waals surface area contributed by atoms with Crippen LogP contribution in [0, 0.1) is 0 Å². The second-order valence-corrected chi connectivity index (χ2v) is 4.52. The van der Waals surface area contributed by atoms with Crippen molar-refractivity contribution in [1.82, 2.24) is 10.6 Å². The fourth-order valence-corrected chi connectivity index (χ4v) is 1.78. The molecular formula is C15H22N2O3. The monoisotopic (exact) mass is 278 g/mol. The van der Waals surface area contributed by atoms with Crippen LogP contribution in [0.4, 0.5) is 4.79 Å². The SMILES string of the molecule is CCC(CC(=O)OC)NC(=O)NCCc1ccccc1. The molecule has 0 aliphatic carbocycles. The standard InChI is InChI=1S/C15H22N2O3/c1-3-13(11-14(18)20-2)17-15(19)16-10-9-12-7-5-4-6-8-12/h4-8,13H,3,9-11H2,1-2H3,(H2,16,17,19). The number of rotatable bonds is 7. The zero-order valence-corrected chi connectivity index (χ0v) is 12.0. The topological polar surface area (TPSA) is 67.4 Å². The van der Waals surface area contributed by atoms with Gasteiger partial charge in [-0.1, -0.05) is 37.3 Å². The van der Waals surface area contributed by atoms with Gasteiger partial charge in [0.25, 0.3) is 0 Å². The molecule has 1 atom stereocenters. The molecule has 5 heteroatoms. The molecule has 20 heavy (non-hydrogen) atoms. The second kappa shape index (κ2) is 8.96. The van der Waals surface area contributed by atoms with E-state index < -0.39 is 0 Å². The van der Waals surface area contributed by atoms with Gasteiger partial charge in [-0.3, -0.25) is 4.79 Å². The number of benzene rings is 1. The molecule has 0 aromatic heterocycles. The maximum atomic E-state index is 11.7. The summed E-state index contributed by atoms with van der Waals surface area (Å²) in [6.07, 6.45) is 1.66. The number of methoxy groups -OCH3 is 1. The largest absolute Gasteiger partial charge is 0.469 e. The molecule has 1 aromatic rings. The first-order chi connectivity index (χ1) is 9.65. The molecular weight excluding hydrogens is 256 g/mol. The molecule has 1 unspecified atom stereocenters. The normalized spacial score (nSPS) is 11.5. The molecule has 5 nitrogen and oxygen atoms in total. The molecule has 2 N–H and O–H groups in total. The Kier molecular flexibility index (Phi) is 7.17. The van der Waals surface area contributed by atoms with Crippen LogP contribution in [0.15, 0.2) is 30.3 Å². The third kappa shape index (κ3) is 6.22. The predicted octanol–water partition coefficient (Wildman–Crippen LogP) is 1.87. The van der Waals surface area contributed by atoms with E-state index >= 15 is 0 Å². The first-order valence-corrected chi connectivity index (χ1v) is 6.80. The molecule has 2 amide bonds. The quantitative estimate of drug-likeness (QED) is 0.748. The minimum absolute atomic E-state index is 0.194. The third-order valence-electron chi connectivity index (χ3n) is 3.01. The van der Waals surface area contributed by atoms with Crippen molar-refractivity contribution in [3.63, 3.8) is 0 Å².